The van der Waals surface area contributed by atoms with Crippen LogP contribution in [-0.2, 0) is 9.53 Å². The molecule has 0 aliphatic rings. The molecule has 2 aromatic carbocycles. The molecule has 1 amide bonds. The molecule has 0 fully saturated rings. The highest BCUT2D eigenvalue weighted by molar-refractivity contribution is 7.99. The van der Waals surface area contributed by atoms with Gasteiger partial charge in [0.25, 0.3) is 0 Å². The third-order valence-corrected chi connectivity index (χ3v) is 4.53. The molecule has 0 atom stereocenters. The molecule has 1 N–H and O–H groups in total. The number of esters is 1. The van der Waals surface area contributed by atoms with E-state index in [1.54, 1.807) is 18.2 Å². The van der Waals surface area contributed by atoms with Crippen molar-refractivity contribution in [2.45, 2.75) is 29.6 Å². The Bertz CT molecular complexity index is 732. The number of carbonyl (C=O) groups is 2. The Morgan fingerprint density at radius 1 is 1.17 bits per heavy atom. The van der Waals surface area contributed by atoms with Crippen molar-refractivity contribution in [2.75, 3.05) is 12.4 Å². The number of rotatable bonds is 6. The van der Waals surface area contributed by atoms with Gasteiger partial charge in [0.05, 0.1) is 18.4 Å². The van der Waals surface area contributed by atoms with Crippen LogP contribution in [0.15, 0.2) is 52.3 Å². The molecule has 0 aromatic heterocycles. The zero-order valence-corrected chi connectivity index (χ0v) is 15.0. The number of halogens is 1. The van der Waals surface area contributed by atoms with Crippen LogP contribution >= 0.6 is 23.4 Å². The van der Waals surface area contributed by atoms with Crippen LogP contribution in [0, 0.1) is 0 Å². The van der Waals surface area contributed by atoms with Crippen molar-refractivity contribution >= 4 is 40.9 Å². The third-order valence-electron chi connectivity index (χ3n) is 3.19. The number of nitrogens with one attached hydrogen (secondary N) is 1. The summed E-state index contributed by atoms with van der Waals surface area (Å²) in [5.41, 5.74) is 0.987. The van der Waals surface area contributed by atoms with Crippen LogP contribution in [-0.4, -0.2) is 19.0 Å². The molecule has 0 saturated heterocycles. The van der Waals surface area contributed by atoms with E-state index in [0.717, 1.165) is 16.2 Å². The molecular formula is C18H18ClNO3S. The molecule has 0 radical (unpaired) electrons. The lowest BCUT2D eigenvalue weighted by atomic mass is 10.2. The highest BCUT2D eigenvalue weighted by atomic mass is 35.5. The quantitative estimate of drug-likeness (QED) is 0.732. The maximum absolute atomic E-state index is 12.0. The Balaban J connectivity index is 2.31. The van der Waals surface area contributed by atoms with Crippen LogP contribution < -0.4 is 5.32 Å². The SMILES string of the molecule is CCCC(=O)Nc1cc(C(=O)OC)ccc1Sc1ccc(Cl)cc1. The van der Waals surface area contributed by atoms with E-state index < -0.39 is 5.97 Å². The summed E-state index contributed by atoms with van der Waals surface area (Å²) in [6, 6.07) is 12.5. The number of carbonyl (C=O) groups excluding carboxylic acids is 2. The zero-order chi connectivity index (χ0) is 17.5. The lowest BCUT2D eigenvalue weighted by Crippen LogP contribution is -2.12. The van der Waals surface area contributed by atoms with Crippen molar-refractivity contribution < 1.29 is 14.3 Å². The normalized spacial score (nSPS) is 10.3. The van der Waals surface area contributed by atoms with E-state index in [9.17, 15) is 9.59 Å². The molecule has 24 heavy (non-hydrogen) atoms. The minimum atomic E-state index is -0.441. The summed E-state index contributed by atoms with van der Waals surface area (Å²) < 4.78 is 4.74. The Kier molecular flexibility index (Phi) is 6.70. The maximum atomic E-state index is 12.0. The predicted octanol–water partition coefficient (Wildman–Crippen LogP) is 5.02. The molecule has 4 nitrogen and oxygen atoms in total. The van der Waals surface area contributed by atoms with Crippen LogP contribution in [0.4, 0.5) is 5.69 Å². The first-order chi connectivity index (χ1) is 11.5. The second-order valence-electron chi connectivity index (χ2n) is 5.06. The topological polar surface area (TPSA) is 55.4 Å². The van der Waals surface area contributed by atoms with Crippen molar-refractivity contribution in [1.82, 2.24) is 0 Å². The highest BCUT2D eigenvalue weighted by Crippen LogP contribution is 2.35. The maximum Gasteiger partial charge on any atom is 0.337 e. The lowest BCUT2D eigenvalue weighted by molar-refractivity contribution is -0.116. The van der Waals surface area contributed by atoms with Crippen molar-refractivity contribution in [3.8, 4) is 0 Å². The first kappa shape index (κ1) is 18.4. The number of benzene rings is 2. The van der Waals surface area contributed by atoms with Gasteiger partial charge in [0.1, 0.15) is 0 Å². The molecule has 2 aromatic rings. The second-order valence-corrected chi connectivity index (χ2v) is 6.61. The summed E-state index contributed by atoms with van der Waals surface area (Å²) in [5.74, 6) is -0.526. The summed E-state index contributed by atoms with van der Waals surface area (Å²) >= 11 is 7.39. The van der Waals surface area contributed by atoms with Gasteiger partial charge in [0, 0.05) is 21.2 Å². The van der Waals surface area contributed by atoms with Crippen LogP contribution in [0.25, 0.3) is 0 Å². The predicted molar refractivity (Wildman–Crippen MR) is 96.9 cm³/mol. The molecule has 0 aliphatic heterocycles. The summed E-state index contributed by atoms with van der Waals surface area (Å²) in [6.07, 6.45) is 1.18. The Labute approximate surface area is 150 Å². The Morgan fingerprint density at radius 3 is 2.50 bits per heavy atom. The molecule has 0 aliphatic carbocycles. The zero-order valence-electron chi connectivity index (χ0n) is 13.5. The van der Waals surface area contributed by atoms with Crippen LogP contribution in [0.3, 0.4) is 0 Å². The van der Waals surface area contributed by atoms with Gasteiger partial charge in [-0.3, -0.25) is 4.79 Å². The van der Waals surface area contributed by atoms with Crippen molar-refractivity contribution in [2.24, 2.45) is 0 Å². The molecule has 0 spiro atoms. The fraction of sp³-hybridized carbons (Fsp3) is 0.222. The first-order valence-electron chi connectivity index (χ1n) is 7.49. The molecule has 6 heteroatoms. The van der Waals surface area contributed by atoms with Crippen molar-refractivity contribution in [3.63, 3.8) is 0 Å². The van der Waals surface area contributed by atoms with E-state index in [1.165, 1.54) is 18.9 Å². The Hall–Kier alpha value is -1.98. The minimum absolute atomic E-state index is 0.0857. The van der Waals surface area contributed by atoms with E-state index in [2.05, 4.69) is 5.32 Å². The van der Waals surface area contributed by atoms with Gasteiger partial charge in [-0.15, -0.1) is 0 Å². The number of methoxy groups -OCH3 is 1. The smallest absolute Gasteiger partial charge is 0.337 e. The minimum Gasteiger partial charge on any atom is -0.465 e. The average molecular weight is 364 g/mol. The second kappa shape index (κ2) is 8.76. The van der Waals surface area contributed by atoms with E-state index in [-0.39, 0.29) is 5.91 Å². The van der Waals surface area contributed by atoms with E-state index in [0.29, 0.717) is 22.7 Å². The van der Waals surface area contributed by atoms with Gasteiger partial charge < -0.3 is 10.1 Å². The van der Waals surface area contributed by atoms with Gasteiger partial charge in [-0.05, 0) is 48.9 Å². The average Bonchev–Trinajstić information content (AvgIpc) is 2.58. The van der Waals surface area contributed by atoms with E-state index in [1.807, 2.05) is 31.2 Å². The third kappa shape index (κ3) is 5.01. The fourth-order valence-electron chi connectivity index (χ4n) is 2.03. The molecule has 0 saturated carbocycles. The molecule has 126 valence electrons. The fourth-order valence-corrected chi connectivity index (χ4v) is 3.04. The molecular weight excluding hydrogens is 346 g/mol. The van der Waals surface area contributed by atoms with Crippen LogP contribution in [0.5, 0.6) is 0 Å². The molecule has 0 bridgehead atoms. The summed E-state index contributed by atoms with van der Waals surface area (Å²) in [5, 5.41) is 3.53. The van der Waals surface area contributed by atoms with Crippen molar-refractivity contribution in [3.05, 3.63) is 53.1 Å². The van der Waals surface area contributed by atoms with Gasteiger partial charge >= 0.3 is 5.97 Å². The standard InChI is InChI=1S/C18H18ClNO3S/c1-3-4-17(21)20-15-11-12(18(22)23-2)5-10-16(15)24-14-8-6-13(19)7-9-14/h5-11H,3-4H2,1-2H3,(H,20,21). The van der Waals surface area contributed by atoms with Gasteiger partial charge in [-0.1, -0.05) is 30.3 Å². The van der Waals surface area contributed by atoms with Crippen molar-refractivity contribution in [1.29, 1.82) is 0 Å². The van der Waals surface area contributed by atoms with Crippen LogP contribution in [0.2, 0.25) is 5.02 Å². The van der Waals surface area contributed by atoms with Gasteiger partial charge in [-0.25, -0.2) is 4.79 Å². The summed E-state index contributed by atoms with van der Waals surface area (Å²) in [6.45, 7) is 1.94. The number of hydrogen-bond donors (Lipinski definition) is 1. The monoisotopic (exact) mass is 363 g/mol. The van der Waals surface area contributed by atoms with Gasteiger partial charge in [0.2, 0.25) is 5.91 Å². The largest absolute Gasteiger partial charge is 0.465 e. The van der Waals surface area contributed by atoms with Gasteiger partial charge in [0.15, 0.2) is 0 Å². The first-order valence-corrected chi connectivity index (χ1v) is 8.68. The Morgan fingerprint density at radius 2 is 1.88 bits per heavy atom. The summed E-state index contributed by atoms with van der Waals surface area (Å²) in [4.78, 5) is 25.5. The summed E-state index contributed by atoms with van der Waals surface area (Å²) in [7, 11) is 1.33. The van der Waals surface area contributed by atoms with E-state index in [4.69, 9.17) is 16.3 Å². The number of hydrogen-bond acceptors (Lipinski definition) is 4. The lowest BCUT2D eigenvalue weighted by Gasteiger charge is -2.12. The van der Waals surface area contributed by atoms with Gasteiger partial charge in [-0.2, -0.15) is 0 Å². The molecule has 2 rings (SSSR count). The highest BCUT2D eigenvalue weighted by Gasteiger charge is 2.13. The molecule has 0 heterocycles. The van der Waals surface area contributed by atoms with E-state index >= 15 is 0 Å². The number of anilines is 1. The number of ether oxygens (including phenoxy) is 1. The van der Waals surface area contributed by atoms with Crippen LogP contribution in [0.1, 0.15) is 30.1 Å². The number of amides is 1. The molecule has 0 unspecified atom stereocenters.